The Morgan fingerprint density at radius 2 is 1.78 bits per heavy atom. The van der Waals surface area contributed by atoms with Gasteiger partial charge in [-0.15, -0.1) is 0 Å². The molecule has 9 nitrogen and oxygen atoms in total. The van der Waals surface area contributed by atoms with Gasteiger partial charge in [0, 0.05) is 54.1 Å². The van der Waals surface area contributed by atoms with E-state index >= 15 is 0 Å². The van der Waals surface area contributed by atoms with Crippen molar-refractivity contribution < 1.29 is 4.79 Å². The first-order valence-corrected chi connectivity index (χ1v) is 15.2. The first kappa shape index (κ1) is 28.3. The maximum absolute atomic E-state index is 14.0. The van der Waals surface area contributed by atoms with E-state index in [4.69, 9.17) is 9.97 Å². The summed E-state index contributed by atoms with van der Waals surface area (Å²) in [5.41, 5.74) is 7.55. The van der Waals surface area contributed by atoms with E-state index in [9.17, 15) is 9.59 Å². The summed E-state index contributed by atoms with van der Waals surface area (Å²) >= 11 is 0. The average molecular weight is 596 g/mol. The molecule has 0 unspecified atom stereocenters. The van der Waals surface area contributed by atoms with Crippen LogP contribution < -0.4 is 10.9 Å². The van der Waals surface area contributed by atoms with Gasteiger partial charge in [-0.3, -0.25) is 28.8 Å². The number of nitrogens with zero attached hydrogens (tertiary/aromatic N) is 6. The number of aryl methyl sites for hydroxylation is 2. The van der Waals surface area contributed by atoms with Crippen molar-refractivity contribution in [3.05, 3.63) is 113 Å². The van der Waals surface area contributed by atoms with Crippen molar-refractivity contribution in [3.63, 3.8) is 0 Å². The van der Waals surface area contributed by atoms with Crippen LogP contribution in [0.4, 0.5) is 5.69 Å². The molecule has 1 aliphatic heterocycles. The molecule has 2 bridgehead atoms. The minimum absolute atomic E-state index is 0.0461. The maximum Gasteiger partial charge on any atom is 0.254 e. The van der Waals surface area contributed by atoms with Gasteiger partial charge in [0.2, 0.25) is 5.91 Å². The third-order valence-corrected chi connectivity index (χ3v) is 8.75. The Kier molecular flexibility index (Phi) is 7.29. The summed E-state index contributed by atoms with van der Waals surface area (Å²) in [6, 6.07) is 19.6. The minimum Gasteiger partial charge on any atom is -0.323 e. The van der Waals surface area contributed by atoms with Gasteiger partial charge < -0.3 is 5.32 Å². The third-order valence-electron chi connectivity index (χ3n) is 8.75. The van der Waals surface area contributed by atoms with Gasteiger partial charge in [-0.1, -0.05) is 49.2 Å². The molecule has 0 spiro atoms. The quantitative estimate of drug-likeness (QED) is 0.248. The molecule has 7 rings (SSSR count). The largest absolute Gasteiger partial charge is 0.323 e. The van der Waals surface area contributed by atoms with Crippen LogP contribution in [0.3, 0.4) is 0 Å². The Morgan fingerprint density at radius 1 is 0.889 bits per heavy atom. The average Bonchev–Trinajstić information content (AvgIpc) is 3.42. The van der Waals surface area contributed by atoms with Crippen LogP contribution in [-0.4, -0.2) is 35.2 Å². The molecule has 1 amide bonds. The number of benzene rings is 2. The Labute approximate surface area is 260 Å². The molecular formula is C36H33N7O2. The Morgan fingerprint density at radius 3 is 2.64 bits per heavy atom. The highest BCUT2D eigenvalue weighted by Crippen LogP contribution is 2.36. The first-order chi connectivity index (χ1) is 21.9. The zero-order valence-corrected chi connectivity index (χ0v) is 25.4. The normalized spacial score (nSPS) is 16.8. The van der Waals surface area contributed by atoms with E-state index in [-0.39, 0.29) is 23.4 Å². The predicted molar refractivity (Wildman–Crippen MR) is 176 cm³/mol. The van der Waals surface area contributed by atoms with Crippen LogP contribution in [0.25, 0.3) is 44.4 Å². The van der Waals surface area contributed by atoms with Crippen molar-refractivity contribution in [3.8, 4) is 33.6 Å². The molecule has 2 atom stereocenters. The minimum atomic E-state index is -0.354. The standard InChI is InChI=1S/C36H33N7O2/c1-22-10-11-28(27-8-5-7-25-19-37-14-13-26(25)27)29(16-22)30-18-34(44)43(21-39-30)33-9-4-6-23(2)36(45)41-32-20-40-42(3)35(32)24-12-15-38-31(33)17-24/h5,7-8,10-21,23,33H,4,6,9H2,1-3H3,(H,41,45)/t23-,33+/m1/s1. The molecular weight excluding hydrogens is 562 g/mol. The first-order valence-electron chi connectivity index (χ1n) is 15.2. The summed E-state index contributed by atoms with van der Waals surface area (Å²) in [5, 5.41) is 9.58. The number of hydrogen-bond acceptors (Lipinski definition) is 6. The molecule has 5 heterocycles. The molecule has 1 N–H and O–H groups in total. The summed E-state index contributed by atoms with van der Waals surface area (Å²) in [5.74, 6) is -0.249. The highest BCUT2D eigenvalue weighted by atomic mass is 16.2. The molecule has 0 saturated carbocycles. The van der Waals surface area contributed by atoms with E-state index in [2.05, 4.69) is 39.7 Å². The number of nitrogens with one attached hydrogen (secondary N) is 1. The van der Waals surface area contributed by atoms with Gasteiger partial charge in [0.25, 0.3) is 5.56 Å². The Hall–Kier alpha value is -5.44. The van der Waals surface area contributed by atoms with E-state index in [1.165, 1.54) is 0 Å². The Balaban J connectivity index is 1.33. The van der Waals surface area contributed by atoms with E-state index in [1.54, 1.807) is 40.2 Å². The predicted octanol–water partition coefficient (Wildman–Crippen LogP) is 6.58. The summed E-state index contributed by atoms with van der Waals surface area (Å²) in [6.45, 7) is 3.97. The summed E-state index contributed by atoms with van der Waals surface area (Å²) in [7, 11) is 1.85. The highest BCUT2D eigenvalue weighted by molar-refractivity contribution is 6.00. The fraction of sp³-hybridized carbons (Fsp3) is 0.222. The summed E-state index contributed by atoms with van der Waals surface area (Å²) in [4.78, 5) is 40.8. The van der Waals surface area contributed by atoms with Gasteiger partial charge in [-0.2, -0.15) is 5.10 Å². The molecule has 6 aromatic rings. The molecule has 0 radical (unpaired) electrons. The van der Waals surface area contributed by atoms with Crippen LogP contribution in [0.1, 0.15) is 43.5 Å². The number of aromatic nitrogens is 6. The van der Waals surface area contributed by atoms with Crippen LogP contribution in [0.5, 0.6) is 0 Å². The lowest BCUT2D eigenvalue weighted by Crippen LogP contribution is -2.27. The van der Waals surface area contributed by atoms with Crippen molar-refractivity contribution in [2.75, 3.05) is 5.32 Å². The van der Waals surface area contributed by atoms with Crippen LogP contribution in [0, 0.1) is 12.8 Å². The van der Waals surface area contributed by atoms with Gasteiger partial charge >= 0.3 is 0 Å². The number of fused-ring (bicyclic) bond motifs is 5. The molecule has 0 fully saturated rings. The number of anilines is 1. The number of amides is 1. The topological polar surface area (TPSA) is 108 Å². The summed E-state index contributed by atoms with van der Waals surface area (Å²) < 4.78 is 3.42. The van der Waals surface area contributed by atoms with Crippen molar-refractivity contribution in [1.82, 2.24) is 29.3 Å². The second kappa shape index (κ2) is 11.6. The SMILES string of the molecule is Cc1ccc(-c2cccc3cnccc23)c(-c2cc(=O)n([C@H]3CCC[C@@H](C)C(=O)Nc4cnn(C)c4-c4ccnc3c4)cn2)c1. The van der Waals surface area contributed by atoms with Crippen LogP contribution >= 0.6 is 0 Å². The molecule has 0 saturated heterocycles. The Bertz CT molecular complexity index is 2130. The third kappa shape index (κ3) is 5.31. The fourth-order valence-corrected chi connectivity index (χ4v) is 6.34. The van der Waals surface area contributed by atoms with Crippen LogP contribution in [-0.2, 0) is 11.8 Å². The molecule has 2 aromatic carbocycles. The lowest BCUT2D eigenvalue weighted by Gasteiger charge is -2.22. The van der Waals surface area contributed by atoms with Gasteiger partial charge in [0.15, 0.2) is 0 Å². The van der Waals surface area contributed by atoms with Gasteiger partial charge in [0.1, 0.15) is 0 Å². The van der Waals surface area contributed by atoms with E-state index in [0.717, 1.165) is 56.4 Å². The van der Waals surface area contributed by atoms with Crippen molar-refractivity contribution >= 4 is 22.4 Å². The van der Waals surface area contributed by atoms with Crippen molar-refractivity contribution in [1.29, 1.82) is 0 Å². The second-order valence-electron chi connectivity index (χ2n) is 11.8. The number of carbonyl (C=O) groups excluding carboxylic acids is 1. The second-order valence-corrected chi connectivity index (χ2v) is 11.8. The molecule has 9 heteroatoms. The van der Waals surface area contributed by atoms with E-state index in [0.29, 0.717) is 24.2 Å². The number of carbonyl (C=O) groups is 1. The monoisotopic (exact) mass is 595 g/mol. The highest BCUT2D eigenvalue weighted by Gasteiger charge is 2.24. The van der Waals surface area contributed by atoms with Gasteiger partial charge in [-0.05, 0) is 60.5 Å². The van der Waals surface area contributed by atoms with Gasteiger partial charge in [0.05, 0.1) is 41.3 Å². The molecule has 45 heavy (non-hydrogen) atoms. The number of hydrogen-bond donors (Lipinski definition) is 1. The smallest absolute Gasteiger partial charge is 0.254 e. The number of rotatable bonds is 3. The van der Waals surface area contributed by atoms with Crippen molar-refractivity contribution in [2.24, 2.45) is 13.0 Å². The zero-order valence-electron chi connectivity index (χ0n) is 25.4. The van der Waals surface area contributed by atoms with E-state index < -0.39 is 0 Å². The van der Waals surface area contributed by atoms with Gasteiger partial charge in [-0.25, -0.2) is 4.98 Å². The lowest BCUT2D eigenvalue weighted by atomic mass is 9.92. The van der Waals surface area contributed by atoms with E-state index in [1.807, 2.05) is 57.4 Å². The number of pyridine rings is 2. The molecule has 0 aliphatic carbocycles. The molecule has 224 valence electrons. The molecule has 4 aromatic heterocycles. The molecule has 1 aliphatic rings. The van der Waals surface area contributed by atoms with Crippen LogP contribution in [0.15, 0.2) is 96.6 Å². The zero-order chi connectivity index (χ0) is 31.1. The fourth-order valence-electron chi connectivity index (χ4n) is 6.34. The lowest BCUT2D eigenvalue weighted by molar-refractivity contribution is -0.119. The van der Waals surface area contributed by atoms with Crippen molar-refractivity contribution in [2.45, 2.75) is 39.2 Å². The maximum atomic E-state index is 14.0. The van der Waals surface area contributed by atoms with Crippen LogP contribution in [0.2, 0.25) is 0 Å². The summed E-state index contributed by atoms with van der Waals surface area (Å²) in [6.07, 6.45) is 10.8.